The van der Waals surface area contributed by atoms with Gasteiger partial charge in [0.2, 0.25) is 6.10 Å². The molecule has 4 aliphatic rings. The van der Waals surface area contributed by atoms with Gasteiger partial charge in [-0.25, -0.2) is 9.59 Å². The summed E-state index contributed by atoms with van der Waals surface area (Å²) in [5, 5.41) is 17.0. The SMILES string of the molecule is CC(=O)O[C@H]1C(=O)[C@@]2(C)C(C(OC(=O)c3ccccc3)[C@]3(O)CC(OC(=O)C(OC(=O)CN(C)C)C(NC(=O)c4ccccc4)c4ccccc4)C(C)=C1C3(C)C)C1(OC(C)=O)COC1C[C@@H]2OC(=O)CN(C)C. The van der Waals surface area contributed by atoms with Gasteiger partial charge in [0.25, 0.3) is 5.91 Å². The van der Waals surface area contributed by atoms with Crippen molar-refractivity contribution in [2.75, 3.05) is 47.9 Å². The average Bonchev–Trinajstić information content (AvgIpc) is 3.33. The molecule has 19 nitrogen and oxygen atoms in total. The number of nitrogens with zero attached hydrogens (tertiary/aromatic N) is 2. The monoisotopic (exact) mass is 1020 g/mol. The van der Waals surface area contributed by atoms with Crippen molar-refractivity contribution in [1.29, 1.82) is 0 Å². The summed E-state index contributed by atoms with van der Waals surface area (Å²) in [5.41, 5.74) is -7.56. The van der Waals surface area contributed by atoms with Crippen LogP contribution in [0.5, 0.6) is 0 Å². The lowest BCUT2D eigenvalue weighted by Crippen LogP contribution is -2.82. The maximum absolute atomic E-state index is 16.2. The lowest BCUT2D eigenvalue weighted by Gasteiger charge is -2.67. The summed E-state index contributed by atoms with van der Waals surface area (Å²) in [6.07, 6.45) is -10.7. The van der Waals surface area contributed by atoms with Gasteiger partial charge in [-0.3, -0.25) is 38.6 Å². The number of amides is 1. The number of esters is 6. The Balaban J connectivity index is 1.46. The first-order valence-electron chi connectivity index (χ1n) is 24.4. The minimum absolute atomic E-state index is 0.0344. The van der Waals surface area contributed by atoms with E-state index in [1.807, 2.05) is 0 Å². The number of rotatable bonds is 16. The topological polar surface area (TPSA) is 240 Å². The van der Waals surface area contributed by atoms with Gasteiger partial charge in [0.15, 0.2) is 17.5 Å². The molecule has 3 aromatic carbocycles. The van der Waals surface area contributed by atoms with Gasteiger partial charge in [-0.2, -0.15) is 0 Å². The first-order valence-corrected chi connectivity index (χ1v) is 24.4. The quantitative estimate of drug-likeness (QED) is 0.117. The molecule has 3 aliphatic carbocycles. The second kappa shape index (κ2) is 21.6. The highest BCUT2D eigenvalue weighted by Gasteiger charge is 2.79. The molecule has 2 saturated carbocycles. The molecule has 2 bridgehead atoms. The molecule has 3 fully saturated rings. The smallest absolute Gasteiger partial charge is 0.350 e. The fraction of sp³-hybridized carbons (Fsp3) is 0.491. The number of carbonyl (C=O) groups excluding carboxylic acids is 8. The van der Waals surface area contributed by atoms with Gasteiger partial charge >= 0.3 is 35.8 Å². The van der Waals surface area contributed by atoms with Gasteiger partial charge in [-0.05, 0) is 83.0 Å². The minimum Gasteiger partial charge on any atom is -0.460 e. The normalized spacial score (nSPS) is 28.6. The number of carbonyl (C=O) groups is 8. The molecule has 2 N–H and O–H groups in total. The van der Waals surface area contributed by atoms with Crippen molar-refractivity contribution < 1.29 is 76.6 Å². The van der Waals surface area contributed by atoms with Crippen LogP contribution in [0.1, 0.15) is 86.7 Å². The van der Waals surface area contributed by atoms with Gasteiger partial charge in [-0.1, -0.05) is 80.6 Å². The highest BCUT2D eigenvalue weighted by atomic mass is 16.6. The van der Waals surface area contributed by atoms with Crippen LogP contribution in [0.3, 0.4) is 0 Å². The van der Waals surface area contributed by atoms with Crippen LogP contribution in [0, 0.1) is 16.7 Å². The molecule has 11 atom stereocenters. The van der Waals surface area contributed by atoms with Crippen LogP contribution >= 0.6 is 0 Å². The molecular formula is C55H65N3O16. The zero-order valence-corrected chi connectivity index (χ0v) is 43.3. The highest BCUT2D eigenvalue weighted by Crippen LogP contribution is 2.65. The van der Waals surface area contributed by atoms with Crippen molar-refractivity contribution in [3.05, 3.63) is 119 Å². The molecule has 0 radical (unpaired) electrons. The van der Waals surface area contributed by atoms with Crippen LogP contribution in [0.15, 0.2) is 102 Å². The van der Waals surface area contributed by atoms with Gasteiger partial charge in [0.1, 0.15) is 36.1 Å². The predicted molar refractivity (Wildman–Crippen MR) is 263 cm³/mol. The Kier molecular flexibility index (Phi) is 16.0. The van der Waals surface area contributed by atoms with E-state index in [2.05, 4.69) is 5.32 Å². The second-order valence-electron chi connectivity index (χ2n) is 20.8. The zero-order chi connectivity index (χ0) is 54.1. The standard InChI is InChI=1S/C55H65N3O16/c1-31-37(70-51(66)45(72-41(62)29-58(9)10)43(34-20-14-11-15-21-34)56-49(64)35-22-16-12-17-23-35)27-55(67)48(73-50(65)36-24-18-13-19-25-36)46-53(6,47(63)44(69-32(2)59)42(31)52(55,4)5)38(71-40(61)28-57(7)8)26-39-54(46,30-68-39)74-33(3)60/h11-25,37-39,43-46,48,67H,26-30H2,1-10H3,(H,56,64)/t37?,38-,39?,43?,44+,45?,46?,48?,53+,54?,55+/m0/s1. The Hall–Kier alpha value is -6.80. The summed E-state index contributed by atoms with van der Waals surface area (Å²) in [7, 11) is 6.51. The number of likely N-dealkylation sites (N-methyl/N-ethyl adjacent to an activating group) is 2. The molecule has 396 valence electrons. The highest BCUT2D eigenvalue weighted by molar-refractivity contribution is 5.97. The largest absolute Gasteiger partial charge is 0.460 e. The molecule has 0 spiro atoms. The van der Waals surface area contributed by atoms with Crippen molar-refractivity contribution in [2.24, 2.45) is 16.7 Å². The summed E-state index contributed by atoms with van der Waals surface area (Å²) in [6.45, 7) is 7.42. The molecule has 1 heterocycles. The van der Waals surface area contributed by atoms with E-state index >= 15 is 9.59 Å². The number of ketones is 1. The molecule has 1 saturated heterocycles. The van der Waals surface area contributed by atoms with Gasteiger partial charge in [0.05, 0.1) is 36.6 Å². The van der Waals surface area contributed by atoms with Crippen LogP contribution in [-0.4, -0.2) is 158 Å². The number of benzene rings is 3. The molecule has 74 heavy (non-hydrogen) atoms. The third-order valence-corrected chi connectivity index (χ3v) is 14.8. The molecule has 7 rings (SSSR count). The van der Waals surface area contributed by atoms with Gasteiger partial charge in [0, 0.05) is 37.7 Å². The Morgan fingerprint density at radius 3 is 1.86 bits per heavy atom. The number of Topliss-reactive ketones (excluding diaryl/α,β-unsaturated/α-hetero) is 1. The molecule has 19 heteroatoms. The fourth-order valence-corrected chi connectivity index (χ4v) is 11.3. The number of aliphatic hydroxyl groups is 1. The van der Waals surface area contributed by atoms with Crippen molar-refractivity contribution in [3.8, 4) is 0 Å². The maximum Gasteiger partial charge on any atom is 0.350 e. The summed E-state index contributed by atoms with van der Waals surface area (Å²) < 4.78 is 43.5. The number of hydrogen-bond acceptors (Lipinski definition) is 18. The first kappa shape index (κ1) is 55.0. The van der Waals surface area contributed by atoms with Crippen LogP contribution < -0.4 is 5.32 Å². The van der Waals surface area contributed by atoms with Crippen molar-refractivity contribution in [3.63, 3.8) is 0 Å². The van der Waals surface area contributed by atoms with Gasteiger partial charge < -0.3 is 43.6 Å². The second-order valence-corrected chi connectivity index (χ2v) is 20.8. The average molecular weight is 1020 g/mol. The predicted octanol–water partition coefficient (Wildman–Crippen LogP) is 3.96. The Morgan fingerprint density at radius 2 is 1.32 bits per heavy atom. The Bertz CT molecular complexity index is 2680. The Labute approximate surface area is 429 Å². The number of nitrogens with one attached hydrogen (secondary N) is 1. The summed E-state index contributed by atoms with van der Waals surface area (Å²) in [5.74, 6) is -8.68. The lowest BCUT2D eigenvalue weighted by molar-refractivity contribution is -0.346. The lowest BCUT2D eigenvalue weighted by atomic mass is 9.44. The number of hydrogen-bond donors (Lipinski definition) is 2. The third kappa shape index (κ3) is 10.5. The van der Waals surface area contributed by atoms with E-state index in [0.717, 1.165) is 13.8 Å². The number of ether oxygens (including phenoxy) is 7. The number of fused-ring (bicyclic) bond motifs is 5. The van der Waals surface area contributed by atoms with Crippen LogP contribution in [-0.2, 0) is 61.9 Å². The van der Waals surface area contributed by atoms with Crippen LogP contribution in [0.25, 0.3) is 0 Å². The fourth-order valence-electron chi connectivity index (χ4n) is 11.3. The van der Waals surface area contributed by atoms with Crippen LogP contribution in [0.4, 0.5) is 0 Å². The third-order valence-electron chi connectivity index (χ3n) is 14.8. The molecule has 1 amide bonds. The minimum atomic E-state index is -2.50. The molecule has 7 unspecified atom stereocenters. The van der Waals surface area contributed by atoms with E-state index in [9.17, 15) is 33.9 Å². The van der Waals surface area contributed by atoms with Gasteiger partial charge in [-0.15, -0.1) is 0 Å². The maximum atomic E-state index is 16.2. The van der Waals surface area contributed by atoms with E-state index in [0.29, 0.717) is 5.56 Å². The van der Waals surface area contributed by atoms with Crippen LogP contribution in [0.2, 0.25) is 0 Å². The van der Waals surface area contributed by atoms with Crippen molar-refractivity contribution in [1.82, 2.24) is 15.1 Å². The summed E-state index contributed by atoms with van der Waals surface area (Å²) in [4.78, 5) is 117. The Morgan fingerprint density at radius 1 is 0.757 bits per heavy atom. The van der Waals surface area contributed by atoms with E-state index < -0.39 is 125 Å². The zero-order valence-electron chi connectivity index (χ0n) is 43.3. The molecule has 3 aromatic rings. The van der Waals surface area contributed by atoms with E-state index in [-0.39, 0.29) is 48.4 Å². The molecule has 1 aliphatic heterocycles. The summed E-state index contributed by atoms with van der Waals surface area (Å²) >= 11 is 0. The van der Waals surface area contributed by atoms with E-state index in [1.54, 1.807) is 126 Å². The summed E-state index contributed by atoms with van der Waals surface area (Å²) in [6, 6.07) is 22.9. The molecule has 0 aromatic heterocycles. The van der Waals surface area contributed by atoms with Crippen molar-refractivity contribution in [2.45, 2.75) is 108 Å². The molecular weight excluding hydrogens is 959 g/mol. The van der Waals surface area contributed by atoms with E-state index in [4.69, 9.17) is 33.2 Å². The first-order chi connectivity index (χ1) is 34.8. The van der Waals surface area contributed by atoms with Crippen molar-refractivity contribution >= 4 is 47.5 Å². The van der Waals surface area contributed by atoms with E-state index in [1.165, 1.54) is 30.9 Å².